The molecule has 2 fully saturated rings. The van der Waals surface area contributed by atoms with Crippen LogP contribution in [0.1, 0.15) is 29.8 Å². The molecule has 11 nitrogen and oxygen atoms in total. The molecular formula is C28H28F5N3O8. The molecular weight excluding hydrogens is 601 g/mol. The van der Waals surface area contributed by atoms with Crippen molar-refractivity contribution in [3.05, 3.63) is 64.5 Å². The van der Waals surface area contributed by atoms with Crippen LogP contribution >= 0.6 is 0 Å². The number of amides is 3. The molecule has 4 rings (SSSR count). The smallest absolute Gasteiger partial charge is 0.312 e. The van der Waals surface area contributed by atoms with Crippen molar-refractivity contribution in [3.63, 3.8) is 0 Å². The lowest BCUT2D eigenvalue weighted by atomic mass is 9.91. The maximum atomic E-state index is 14.6. The highest BCUT2D eigenvalue weighted by atomic mass is 19.2. The molecule has 2 aliphatic heterocycles. The molecule has 0 bridgehead atoms. The quantitative estimate of drug-likeness (QED) is 0.142. The standard InChI is InChI=1S/C28H28F5N3O8/c1-10-23(38)15(7-14-17(29)19(31)21(33)20(32)18(14)30)35-26(40)22(36-25(39)13-5-3-4-6-16(13)37)11(2)34-27(41)24(44-28(10)42)12-8-43-9-12/h3-6,10-12,15,22-24,37-38H,7-9H2,1-2H3,(H,34,41)(H,35,40)(H,36,39)/t10-,11-,15+,22+,23+,24?/m1/s1. The Morgan fingerprint density at radius 2 is 1.52 bits per heavy atom. The number of rotatable bonds is 5. The van der Waals surface area contributed by atoms with Crippen LogP contribution in [-0.2, 0) is 30.3 Å². The van der Waals surface area contributed by atoms with Gasteiger partial charge in [0.25, 0.3) is 11.8 Å². The predicted molar refractivity (Wildman–Crippen MR) is 138 cm³/mol. The van der Waals surface area contributed by atoms with Crippen LogP contribution in [0.5, 0.6) is 5.75 Å². The van der Waals surface area contributed by atoms with Gasteiger partial charge in [0, 0.05) is 12.0 Å². The zero-order valence-corrected chi connectivity index (χ0v) is 23.2. The summed E-state index contributed by atoms with van der Waals surface area (Å²) in [5.74, 6) is -18.3. The largest absolute Gasteiger partial charge is 0.507 e. The number of aliphatic hydroxyl groups is 1. The molecule has 0 aliphatic carbocycles. The summed E-state index contributed by atoms with van der Waals surface area (Å²) in [5.41, 5.74) is -1.66. The fourth-order valence-corrected chi connectivity index (χ4v) is 4.78. The number of aromatic hydroxyl groups is 1. The van der Waals surface area contributed by atoms with Crippen molar-refractivity contribution in [2.45, 2.75) is 50.6 Å². The molecule has 1 unspecified atom stereocenters. The maximum absolute atomic E-state index is 14.6. The molecule has 5 N–H and O–H groups in total. The molecule has 6 atom stereocenters. The number of para-hydroxylation sites is 1. The van der Waals surface area contributed by atoms with Gasteiger partial charge < -0.3 is 35.6 Å². The third kappa shape index (κ3) is 6.45. The first-order valence-corrected chi connectivity index (χ1v) is 13.4. The monoisotopic (exact) mass is 629 g/mol. The van der Waals surface area contributed by atoms with Crippen LogP contribution < -0.4 is 16.0 Å². The Labute approximate surface area is 246 Å². The van der Waals surface area contributed by atoms with E-state index in [0.717, 1.165) is 6.92 Å². The SMILES string of the molecule is C[C@H]1NC(=O)C(C2COC2)OC(=O)[C@H](C)[C@H](O)[C@H](Cc2c(F)c(F)c(F)c(F)c2F)NC(=O)[C@H]1NC(=O)c1ccccc1O. The molecule has 3 amide bonds. The molecule has 2 aliphatic rings. The predicted octanol–water partition coefficient (Wildman–Crippen LogP) is 0.987. The Hall–Kier alpha value is -4.31. The Kier molecular flexibility index (Phi) is 9.73. The average Bonchev–Trinajstić information content (AvgIpc) is 2.96. The highest BCUT2D eigenvalue weighted by molar-refractivity contribution is 6.00. The van der Waals surface area contributed by atoms with Gasteiger partial charge in [0.1, 0.15) is 11.8 Å². The first-order valence-electron chi connectivity index (χ1n) is 13.4. The van der Waals surface area contributed by atoms with Crippen LogP contribution in [-0.4, -0.2) is 77.5 Å². The van der Waals surface area contributed by atoms with Gasteiger partial charge in [-0.15, -0.1) is 0 Å². The Morgan fingerprint density at radius 1 is 0.932 bits per heavy atom. The summed E-state index contributed by atoms with van der Waals surface area (Å²) in [4.78, 5) is 52.8. The van der Waals surface area contributed by atoms with Crippen LogP contribution in [0.4, 0.5) is 22.0 Å². The molecule has 0 aromatic heterocycles. The van der Waals surface area contributed by atoms with E-state index in [1.54, 1.807) is 0 Å². The summed E-state index contributed by atoms with van der Waals surface area (Å²) in [6, 6.07) is 0.372. The molecule has 0 radical (unpaired) electrons. The highest BCUT2D eigenvalue weighted by Crippen LogP contribution is 2.27. The Balaban J connectivity index is 1.75. The van der Waals surface area contributed by atoms with Crippen molar-refractivity contribution in [2.75, 3.05) is 13.2 Å². The minimum Gasteiger partial charge on any atom is -0.507 e. The van der Waals surface area contributed by atoms with Gasteiger partial charge in [-0.05, 0) is 26.0 Å². The topological polar surface area (TPSA) is 163 Å². The minimum atomic E-state index is -2.42. The molecule has 16 heteroatoms. The van der Waals surface area contributed by atoms with E-state index in [9.17, 15) is 51.3 Å². The van der Waals surface area contributed by atoms with Gasteiger partial charge in [0.05, 0.1) is 48.8 Å². The number of benzene rings is 2. The fraction of sp³-hybridized carbons (Fsp3) is 0.429. The van der Waals surface area contributed by atoms with Crippen LogP contribution in [0.3, 0.4) is 0 Å². The zero-order valence-electron chi connectivity index (χ0n) is 23.2. The van der Waals surface area contributed by atoms with Crippen LogP contribution in [0.15, 0.2) is 24.3 Å². The number of esters is 1. The summed E-state index contributed by atoms with van der Waals surface area (Å²) >= 11 is 0. The lowest BCUT2D eigenvalue weighted by Gasteiger charge is -2.37. The van der Waals surface area contributed by atoms with Crippen molar-refractivity contribution in [2.24, 2.45) is 11.8 Å². The number of ether oxygens (including phenoxy) is 2. The number of nitrogens with one attached hydrogen (secondary N) is 3. The number of hydrogen-bond donors (Lipinski definition) is 5. The molecule has 2 aromatic carbocycles. The van der Waals surface area contributed by atoms with Gasteiger partial charge in [0.15, 0.2) is 29.4 Å². The first-order chi connectivity index (χ1) is 20.7. The molecule has 2 heterocycles. The summed E-state index contributed by atoms with van der Waals surface area (Å²) < 4.78 is 81.3. The molecule has 2 saturated heterocycles. The highest BCUT2D eigenvalue weighted by Gasteiger charge is 2.43. The first kappa shape index (κ1) is 32.6. The van der Waals surface area contributed by atoms with Gasteiger partial charge in [-0.2, -0.15) is 0 Å². The zero-order chi connectivity index (χ0) is 32.5. The van der Waals surface area contributed by atoms with Gasteiger partial charge in [-0.1, -0.05) is 12.1 Å². The third-order valence-electron chi connectivity index (χ3n) is 7.53. The lowest BCUT2D eigenvalue weighted by molar-refractivity contribution is -0.178. The van der Waals surface area contributed by atoms with E-state index >= 15 is 0 Å². The van der Waals surface area contributed by atoms with Crippen molar-refractivity contribution in [1.82, 2.24) is 16.0 Å². The Morgan fingerprint density at radius 3 is 2.09 bits per heavy atom. The number of phenolic OH excluding ortho intramolecular Hbond substituents is 1. The number of aliphatic hydroxyl groups excluding tert-OH is 1. The van der Waals surface area contributed by atoms with Gasteiger partial charge in [-0.3, -0.25) is 19.2 Å². The number of hydrogen-bond acceptors (Lipinski definition) is 8. The molecule has 44 heavy (non-hydrogen) atoms. The normalized spacial score (nSPS) is 26.8. The minimum absolute atomic E-state index is 0.0213. The van der Waals surface area contributed by atoms with Crippen LogP contribution in [0, 0.1) is 40.9 Å². The number of phenols is 1. The second-order valence-corrected chi connectivity index (χ2v) is 10.6. The molecule has 0 spiro atoms. The maximum Gasteiger partial charge on any atom is 0.312 e. The molecule has 0 saturated carbocycles. The summed E-state index contributed by atoms with van der Waals surface area (Å²) in [5, 5.41) is 28.2. The lowest BCUT2D eigenvalue weighted by Crippen LogP contribution is -2.63. The number of carbonyl (C=O) groups excluding carboxylic acids is 4. The van der Waals surface area contributed by atoms with Crippen molar-refractivity contribution in [1.29, 1.82) is 0 Å². The van der Waals surface area contributed by atoms with Crippen LogP contribution in [0.2, 0.25) is 0 Å². The van der Waals surface area contributed by atoms with Gasteiger partial charge in [-0.25, -0.2) is 22.0 Å². The van der Waals surface area contributed by atoms with E-state index < -0.39 is 113 Å². The average molecular weight is 630 g/mol. The van der Waals surface area contributed by atoms with Crippen molar-refractivity contribution in [3.8, 4) is 5.75 Å². The second kappa shape index (κ2) is 13.1. The van der Waals surface area contributed by atoms with Crippen LogP contribution in [0.25, 0.3) is 0 Å². The molecule has 2 aromatic rings. The van der Waals surface area contributed by atoms with E-state index in [-0.39, 0.29) is 18.8 Å². The summed E-state index contributed by atoms with van der Waals surface area (Å²) in [7, 11) is 0. The number of halogens is 5. The van der Waals surface area contributed by atoms with E-state index in [1.807, 2.05) is 0 Å². The van der Waals surface area contributed by atoms with E-state index in [4.69, 9.17) is 9.47 Å². The summed E-state index contributed by atoms with van der Waals surface area (Å²) in [6.45, 7) is 2.43. The number of carbonyl (C=O) groups is 4. The third-order valence-corrected chi connectivity index (χ3v) is 7.53. The van der Waals surface area contributed by atoms with Crippen molar-refractivity contribution < 1.29 is 60.8 Å². The molecule has 238 valence electrons. The fourth-order valence-electron chi connectivity index (χ4n) is 4.78. The van der Waals surface area contributed by atoms with Gasteiger partial charge >= 0.3 is 5.97 Å². The van der Waals surface area contributed by atoms with E-state index in [1.165, 1.54) is 31.2 Å². The van der Waals surface area contributed by atoms with E-state index in [0.29, 0.717) is 0 Å². The second-order valence-electron chi connectivity index (χ2n) is 10.6. The number of cyclic esters (lactones) is 1. The van der Waals surface area contributed by atoms with Gasteiger partial charge in [0.2, 0.25) is 11.7 Å². The van der Waals surface area contributed by atoms with E-state index in [2.05, 4.69) is 16.0 Å². The Bertz CT molecular complexity index is 1440. The summed E-state index contributed by atoms with van der Waals surface area (Å²) in [6.07, 6.45) is -4.73. The van der Waals surface area contributed by atoms with Crippen molar-refractivity contribution >= 4 is 23.7 Å².